The Hall–Kier alpha value is -3.49. The third-order valence-electron chi connectivity index (χ3n) is 7.79. The third-order valence-corrected chi connectivity index (χ3v) is 8.98. The molecule has 41 heavy (non-hydrogen) atoms. The lowest BCUT2D eigenvalue weighted by molar-refractivity contribution is -0.134. The smallest absolute Gasteiger partial charge is 0.347 e. The fourth-order valence-corrected chi connectivity index (χ4v) is 6.76. The number of alkyl halides is 2. The number of fused-ring (bicyclic) bond motifs is 2. The summed E-state index contributed by atoms with van der Waals surface area (Å²) in [5.41, 5.74) is 4.57. The predicted molar refractivity (Wildman–Crippen MR) is 147 cm³/mol. The van der Waals surface area contributed by atoms with Crippen LogP contribution in [0.1, 0.15) is 12.8 Å². The van der Waals surface area contributed by atoms with Crippen LogP contribution in [-0.2, 0) is 4.79 Å². The first-order chi connectivity index (χ1) is 19.5. The third kappa shape index (κ3) is 4.57. The van der Waals surface area contributed by atoms with Gasteiger partial charge in [-0.2, -0.15) is 4.98 Å². The molecule has 2 saturated heterocycles. The maximum absolute atomic E-state index is 16.1. The zero-order chi connectivity index (χ0) is 28.8. The second-order valence-electron chi connectivity index (χ2n) is 10.7. The number of halogens is 5. The molecule has 2 aliphatic heterocycles. The van der Waals surface area contributed by atoms with Crippen LogP contribution in [0.15, 0.2) is 23.0 Å². The quantitative estimate of drug-likeness (QED) is 0.238. The number of aromatic nitrogens is 3. The van der Waals surface area contributed by atoms with Crippen LogP contribution in [0.3, 0.4) is 0 Å². The number of rotatable bonds is 4. The molecule has 0 spiro atoms. The van der Waals surface area contributed by atoms with Gasteiger partial charge in [0, 0.05) is 35.6 Å². The van der Waals surface area contributed by atoms with Gasteiger partial charge < -0.3 is 20.5 Å². The van der Waals surface area contributed by atoms with Gasteiger partial charge in [-0.15, -0.1) is 0 Å². The minimum absolute atomic E-state index is 0.000214. The van der Waals surface area contributed by atoms with Crippen LogP contribution in [0.25, 0.3) is 32.2 Å². The van der Waals surface area contributed by atoms with Gasteiger partial charge in [-0.1, -0.05) is 22.9 Å². The number of hydrogen-bond acceptors (Lipinski definition) is 8. The molecule has 1 amide bonds. The Balaban J connectivity index is 1.28. The summed E-state index contributed by atoms with van der Waals surface area (Å²) in [4.78, 5) is 38.2. The van der Waals surface area contributed by atoms with Crippen molar-refractivity contribution in [3.63, 3.8) is 0 Å². The molecule has 3 fully saturated rings. The van der Waals surface area contributed by atoms with Crippen molar-refractivity contribution in [3.05, 3.63) is 45.3 Å². The second-order valence-corrected chi connectivity index (χ2v) is 12.1. The number of carbonyl (C=O) groups excluding carboxylic acids is 1. The van der Waals surface area contributed by atoms with Crippen LogP contribution in [0.2, 0.25) is 5.02 Å². The molecule has 2 aromatic heterocycles. The van der Waals surface area contributed by atoms with E-state index in [4.69, 9.17) is 17.3 Å². The number of benzene rings is 2. The summed E-state index contributed by atoms with van der Waals surface area (Å²) in [6.07, 6.45) is 2.05. The van der Waals surface area contributed by atoms with Crippen molar-refractivity contribution < 1.29 is 22.4 Å². The highest BCUT2D eigenvalue weighted by Gasteiger charge is 2.53. The summed E-state index contributed by atoms with van der Waals surface area (Å²) in [6, 6.07) is 3.33. The molecule has 214 valence electrons. The summed E-state index contributed by atoms with van der Waals surface area (Å²) >= 11 is 7.43. The van der Waals surface area contributed by atoms with Gasteiger partial charge in [0.15, 0.2) is 10.9 Å². The zero-order valence-corrected chi connectivity index (χ0v) is 22.8. The lowest BCUT2D eigenvalue weighted by Crippen LogP contribution is -2.44. The van der Waals surface area contributed by atoms with Gasteiger partial charge in [0.25, 0.3) is 5.92 Å². The minimum atomic E-state index is -3.33. The molecule has 2 atom stereocenters. The molecule has 0 radical (unpaired) electrons. The monoisotopic (exact) mass is 607 g/mol. The van der Waals surface area contributed by atoms with Gasteiger partial charge in [0.05, 0.1) is 33.8 Å². The molecule has 4 N–H and O–H groups in total. The van der Waals surface area contributed by atoms with Crippen LogP contribution >= 0.6 is 22.9 Å². The fourth-order valence-electron chi connectivity index (χ4n) is 5.70. The number of H-pyrrole nitrogens is 1. The standard InChI is InChI=1S/C26H22ClF4N7O2S/c27-13-7-12-18(16(29)15(13)11-3-4-14(28)21-19(11)34-24(32)41-21)35-25(40)36-22(12)37-5-6-38(9-26(30,31)8-37)23(39)20-17(33-20)10-1-2-10/h3-4,7,10,17,20,33H,1-2,5-6,8-9H2,(H2,32,34)(H,35,36,40). The number of nitrogens with two attached hydrogens (primary N) is 1. The van der Waals surface area contributed by atoms with Crippen LogP contribution in [0.4, 0.5) is 28.5 Å². The Morgan fingerprint density at radius 2 is 1.95 bits per heavy atom. The highest BCUT2D eigenvalue weighted by atomic mass is 35.5. The first-order valence-corrected chi connectivity index (χ1v) is 14.1. The first kappa shape index (κ1) is 26.4. The van der Waals surface area contributed by atoms with Crippen molar-refractivity contribution in [2.75, 3.05) is 36.8 Å². The Morgan fingerprint density at radius 3 is 2.71 bits per heavy atom. The van der Waals surface area contributed by atoms with Gasteiger partial charge in [0.2, 0.25) is 5.91 Å². The summed E-state index contributed by atoms with van der Waals surface area (Å²) in [5.74, 6) is -5.03. The lowest BCUT2D eigenvalue weighted by atomic mass is 10.0. The normalized spacial score (nSPS) is 22.4. The van der Waals surface area contributed by atoms with E-state index in [-0.39, 0.29) is 73.3 Å². The van der Waals surface area contributed by atoms with Crippen LogP contribution in [0.5, 0.6) is 0 Å². The molecular weight excluding hydrogens is 586 g/mol. The molecule has 7 rings (SSSR count). The highest BCUT2D eigenvalue weighted by Crippen LogP contribution is 2.43. The molecule has 2 aromatic carbocycles. The van der Waals surface area contributed by atoms with E-state index in [1.807, 2.05) is 0 Å². The van der Waals surface area contributed by atoms with Gasteiger partial charge in [-0.05, 0) is 37.0 Å². The van der Waals surface area contributed by atoms with Gasteiger partial charge in [-0.25, -0.2) is 27.3 Å². The second kappa shape index (κ2) is 9.26. The number of aromatic amines is 1. The van der Waals surface area contributed by atoms with Gasteiger partial charge in [-0.3, -0.25) is 10.1 Å². The number of amides is 1. The molecular formula is C26H22ClF4N7O2S. The first-order valence-electron chi connectivity index (χ1n) is 13.0. The number of anilines is 2. The Kier molecular flexibility index (Phi) is 5.97. The number of thiazole rings is 1. The van der Waals surface area contributed by atoms with Crippen molar-refractivity contribution in [2.45, 2.75) is 30.8 Å². The van der Waals surface area contributed by atoms with Gasteiger partial charge in [0.1, 0.15) is 17.7 Å². The van der Waals surface area contributed by atoms with E-state index in [1.54, 1.807) is 0 Å². The maximum Gasteiger partial charge on any atom is 0.347 e. The number of hydrogen-bond donors (Lipinski definition) is 3. The summed E-state index contributed by atoms with van der Waals surface area (Å²) in [5, 5.41) is 3.04. The van der Waals surface area contributed by atoms with E-state index in [0.717, 1.165) is 35.1 Å². The van der Waals surface area contributed by atoms with Gasteiger partial charge >= 0.3 is 5.69 Å². The van der Waals surface area contributed by atoms with E-state index in [1.165, 1.54) is 17.0 Å². The predicted octanol–water partition coefficient (Wildman–Crippen LogP) is 3.75. The SMILES string of the molecule is Nc1nc2c(-c3c(Cl)cc4c(N5CCN(C(=O)C6NC6C6CC6)CC(F)(F)C5)nc(=O)[nH]c4c3F)ccc(F)c2s1. The van der Waals surface area contributed by atoms with Crippen molar-refractivity contribution in [2.24, 2.45) is 5.92 Å². The maximum atomic E-state index is 16.1. The molecule has 3 aliphatic rings. The highest BCUT2D eigenvalue weighted by molar-refractivity contribution is 7.22. The minimum Gasteiger partial charge on any atom is -0.375 e. The van der Waals surface area contributed by atoms with E-state index < -0.39 is 42.4 Å². The number of nitrogen functional groups attached to an aromatic ring is 1. The Labute approximate surface area is 238 Å². The molecule has 15 heteroatoms. The summed E-state index contributed by atoms with van der Waals surface area (Å²) < 4.78 is 61.0. The van der Waals surface area contributed by atoms with Crippen LogP contribution in [-0.4, -0.2) is 69.9 Å². The number of nitrogens with one attached hydrogen (secondary N) is 2. The molecule has 4 heterocycles. The summed E-state index contributed by atoms with van der Waals surface area (Å²) in [7, 11) is 0. The van der Waals surface area contributed by atoms with E-state index in [9.17, 15) is 14.0 Å². The molecule has 0 bridgehead atoms. The fraction of sp³-hybridized carbons (Fsp3) is 0.385. The van der Waals surface area contributed by atoms with Crippen molar-refractivity contribution in [1.82, 2.24) is 25.2 Å². The van der Waals surface area contributed by atoms with Crippen molar-refractivity contribution in [1.29, 1.82) is 0 Å². The van der Waals surface area contributed by atoms with Crippen molar-refractivity contribution in [3.8, 4) is 11.1 Å². The molecule has 2 unspecified atom stereocenters. The van der Waals surface area contributed by atoms with E-state index in [0.29, 0.717) is 5.92 Å². The average molecular weight is 608 g/mol. The number of carbonyl (C=O) groups is 1. The van der Waals surface area contributed by atoms with E-state index in [2.05, 4.69) is 20.3 Å². The van der Waals surface area contributed by atoms with E-state index >= 15 is 13.2 Å². The average Bonchev–Trinajstić information content (AvgIpc) is 3.82. The Bertz CT molecular complexity index is 1810. The molecule has 1 saturated carbocycles. The molecule has 1 aliphatic carbocycles. The summed E-state index contributed by atoms with van der Waals surface area (Å²) in [6.45, 7) is -1.72. The lowest BCUT2D eigenvalue weighted by Gasteiger charge is -2.25. The topological polar surface area (TPSA) is 130 Å². The molecule has 4 aromatic rings. The molecule has 9 nitrogen and oxygen atoms in total. The van der Waals surface area contributed by atoms with Crippen molar-refractivity contribution >= 4 is 60.9 Å². The largest absolute Gasteiger partial charge is 0.375 e. The zero-order valence-electron chi connectivity index (χ0n) is 21.2. The number of nitrogens with zero attached hydrogens (tertiary/aromatic N) is 4. The van der Waals surface area contributed by atoms with Crippen LogP contribution in [0, 0.1) is 17.6 Å². The van der Waals surface area contributed by atoms with Crippen LogP contribution < -0.4 is 21.6 Å². The Morgan fingerprint density at radius 1 is 1.17 bits per heavy atom.